The lowest BCUT2D eigenvalue weighted by Gasteiger charge is -2.22. The standard InChI is InChI=1S/C20H27ClN2O4/c1-5-9-27-19-15(21)11-14(12-18(19)25-6-2)20(24)22-13-16(23(3)4)17-8-7-10-26-17/h7-8,10-12,16H,5-6,9,13H2,1-4H3,(H,22,24). The monoisotopic (exact) mass is 394 g/mol. The summed E-state index contributed by atoms with van der Waals surface area (Å²) in [7, 11) is 3.87. The summed E-state index contributed by atoms with van der Waals surface area (Å²) in [6.07, 6.45) is 2.47. The van der Waals surface area contributed by atoms with Gasteiger partial charge >= 0.3 is 0 Å². The number of rotatable bonds is 10. The third kappa shape index (κ3) is 5.65. The Labute approximate surface area is 165 Å². The van der Waals surface area contributed by atoms with Crippen LogP contribution in [0.2, 0.25) is 5.02 Å². The number of hydrogen-bond acceptors (Lipinski definition) is 5. The summed E-state index contributed by atoms with van der Waals surface area (Å²) >= 11 is 6.34. The molecule has 27 heavy (non-hydrogen) atoms. The Hall–Kier alpha value is -2.18. The maximum Gasteiger partial charge on any atom is 0.251 e. The van der Waals surface area contributed by atoms with Gasteiger partial charge in [0.05, 0.1) is 30.5 Å². The van der Waals surface area contributed by atoms with Crippen molar-refractivity contribution in [2.75, 3.05) is 33.9 Å². The summed E-state index contributed by atoms with van der Waals surface area (Å²) in [4.78, 5) is 14.6. The summed E-state index contributed by atoms with van der Waals surface area (Å²) in [6.45, 7) is 5.25. The summed E-state index contributed by atoms with van der Waals surface area (Å²) in [6, 6.07) is 6.91. The van der Waals surface area contributed by atoms with E-state index in [1.807, 2.05) is 45.0 Å². The van der Waals surface area contributed by atoms with Crippen molar-refractivity contribution in [1.29, 1.82) is 0 Å². The van der Waals surface area contributed by atoms with Gasteiger partial charge in [-0.2, -0.15) is 0 Å². The van der Waals surface area contributed by atoms with Crippen molar-refractivity contribution in [2.45, 2.75) is 26.3 Å². The molecule has 0 aliphatic rings. The SMILES string of the molecule is CCCOc1c(Cl)cc(C(=O)NCC(c2ccco2)N(C)C)cc1OCC. The first kappa shape index (κ1) is 21.1. The number of hydrogen-bond donors (Lipinski definition) is 1. The zero-order chi connectivity index (χ0) is 19.8. The first-order chi connectivity index (χ1) is 13.0. The van der Waals surface area contributed by atoms with E-state index in [0.29, 0.717) is 41.8 Å². The highest BCUT2D eigenvalue weighted by Crippen LogP contribution is 2.36. The quantitative estimate of drug-likeness (QED) is 0.655. The average Bonchev–Trinajstić information content (AvgIpc) is 3.15. The van der Waals surface area contributed by atoms with E-state index >= 15 is 0 Å². The van der Waals surface area contributed by atoms with E-state index in [2.05, 4.69) is 5.32 Å². The molecule has 7 heteroatoms. The number of benzene rings is 1. The van der Waals surface area contributed by atoms with Crippen molar-refractivity contribution < 1.29 is 18.7 Å². The van der Waals surface area contributed by atoms with Crippen molar-refractivity contribution >= 4 is 17.5 Å². The van der Waals surface area contributed by atoms with E-state index in [1.54, 1.807) is 18.4 Å². The van der Waals surface area contributed by atoms with Crippen molar-refractivity contribution in [2.24, 2.45) is 0 Å². The smallest absolute Gasteiger partial charge is 0.251 e. The average molecular weight is 395 g/mol. The lowest BCUT2D eigenvalue weighted by molar-refractivity contribution is 0.0938. The van der Waals surface area contributed by atoms with E-state index in [1.165, 1.54) is 0 Å². The fraction of sp³-hybridized carbons (Fsp3) is 0.450. The van der Waals surface area contributed by atoms with Gasteiger partial charge in [0, 0.05) is 12.1 Å². The topological polar surface area (TPSA) is 63.9 Å². The summed E-state index contributed by atoms with van der Waals surface area (Å²) < 4.78 is 16.8. The van der Waals surface area contributed by atoms with Crippen LogP contribution in [0.1, 0.15) is 42.4 Å². The summed E-state index contributed by atoms with van der Waals surface area (Å²) in [5, 5.41) is 3.29. The van der Waals surface area contributed by atoms with Gasteiger partial charge in [0.2, 0.25) is 0 Å². The molecular formula is C20H27ClN2O4. The molecule has 1 unspecified atom stereocenters. The Balaban J connectivity index is 2.15. The minimum Gasteiger partial charge on any atom is -0.490 e. The van der Waals surface area contributed by atoms with E-state index < -0.39 is 0 Å². The van der Waals surface area contributed by atoms with Crippen molar-refractivity contribution in [3.8, 4) is 11.5 Å². The van der Waals surface area contributed by atoms with Gasteiger partial charge in [-0.25, -0.2) is 0 Å². The third-order valence-electron chi connectivity index (χ3n) is 3.97. The number of likely N-dealkylation sites (N-methyl/N-ethyl adjacent to an activating group) is 1. The van der Waals surface area contributed by atoms with Crippen LogP contribution in [0.5, 0.6) is 11.5 Å². The van der Waals surface area contributed by atoms with Crippen LogP contribution in [0.3, 0.4) is 0 Å². The molecule has 1 N–H and O–H groups in total. The summed E-state index contributed by atoms with van der Waals surface area (Å²) in [5.41, 5.74) is 0.421. The molecule has 1 heterocycles. The van der Waals surface area contributed by atoms with Gasteiger partial charge in [-0.1, -0.05) is 18.5 Å². The molecule has 1 amide bonds. The van der Waals surface area contributed by atoms with Gasteiger partial charge in [-0.05, 0) is 51.7 Å². The van der Waals surface area contributed by atoms with Gasteiger partial charge in [0.25, 0.3) is 5.91 Å². The van der Waals surface area contributed by atoms with Gasteiger partial charge in [-0.15, -0.1) is 0 Å². The normalized spacial score (nSPS) is 12.1. The fourth-order valence-corrected chi connectivity index (χ4v) is 2.88. The second kappa shape index (κ2) is 10.2. The molecular weight excluding hydrogens is 368 g/mol. The summed E-state index contributed by atoms with van der Waals surface area (Å²) in [5.74, 6) is 1.49. The van der Waals surface area contributed by atoms with E-state index in [-0.39, 0.29) is 11.9 Å². The largest absolute Gasteiger partial charge is 0.490 e. The third-order valence-corrected chi connectivity index (χ3v) is 4.25. The Bertz CT molecular complexity index is 732. The number of furan rings is 1. The van der Waals surface area contributed by atoms with E-state index in [4.69, 9.17) is 25.5 Å². The number of halogens is 1. The molecule has 2 rings (SSSR count). The number of carbonyl (C=O) groups excluding carboxylic acids is 1. The van der Waals surface area contributed by atoms with Gasteiger partial charge in [0.1, 0.15) is 5.76 Å². The molecule has 0 fully saturated rings. The molecule has 2 aromatic rings. The second-order valence-corrected chi connectivity index (χ2v) is 6.68. The minimum atomic E-state index is -0.238. The van der Waals surface area contributed by atoms with Crippen molar-refractivity contribution in [3.05, 3.63) is 46.9 Å². The molecule has 0 spiro atoms. The molecule has 0 radical (unpaired) electrons. The number of amides is 1. The number of ether oxygens (including phenoxy) is 2. The highest BCUT2D eigenvalue weighted by atomic mass is 35.5. The van der Waals surface area contributed by atoms with Gasteiger partial charge in [-0.3, -0.25) is 9.69 Å². The lowest BCUT2D eigenvalue weighted by atomic mass is 10.1. The second-order valence-electron chi connectivity index (χ2n) is 6.27. The van der Waals surface area contributed by atoms with Crippen LogP contribution in [0.25, 0.3) is 0 Å². The molecule has 0 aliphatic carbocycles. The van der Waals surface area contributed by atoms with E-state index in [0.717, 1.165) is 12.2 Å². The zero-order valence-electron chi connectivity index (χ0n) is 16.3. The van der Waals surface area contributed by atoms with Crippen molar-refractivity contribution in [3.63, 3.8) is 0 Å². The predicted molar refractivity (Wildman–Crippen MR) is 106 cm³/mol. The maximum absolute atomic E-state index is 12.7. The molecule has 0 saturated carbocycles. The molecule has 148 valence electrons. The van der Waals surface area contributed by atoms with Gasteiger partial charge < -0.3 is 19.2 Å². The van der Waals surface area contributed by atoms with Crippen LogP contribution >= 0.6 is 11.6 Å². The first-order valence-corrected chi connectivity index (χ1v) is 9.42. The number of carbonyl (C=O) groups is 1. The molecule has 0 aliphatic heterocycles. The van der Waals surface area contributed by atoms with Crippen LogP contribution in [0.4, 0.5) is 0 Å². The van der Waals surface area contributed by atoms with Crippen LogP contribution in [-0.2, 0) is 0 Å². The Kier molecular flexibility index (Phi) is 8.00. The number of nitrogens with zero attached hydrogens (tertiary/aromatic N) is 1. The minimum absolute atomic E-state index is 0.0713. The highest BCUT2D eigenvalue weighted by molar-refractivity contribution is 6.32. The van der Waals surface area contributed by atoms with Crippen LogP contribution in [-0.4, -0.2) is 44.7 Å². The molecule has 0 saturated heterocycles. The maximum atomic E-state index is 12.7. The molecule has 1 atom stereocenters. The fourth-order valence-electron chi connectivity index (χ4n) is 2.62. The molecule has 0 bridgehead atoms. The van der Waals surface area contributed by atoms with Crippen LogP contribution in [0.15, 0.2) is 34.9 Å². The lowest BCUT2D eigenvalue weighted by Crippen LogP contribution is -2.34. The zero-order valence-corrected chi connectivity index (χ0v) is 17.0. The molecule has 1 aromatic carbocycles. The molecule has 6 nitrogen and oxygen atoms in total. The van der Waals surface area contributed by atoms with Crippen LogP contribution in [0, 0.1) is 0 Å². The Morgan fingerprint density at radius 3 is 2.67 bits per heavy atom. The van der Waals surface area contributed by atoms with Gasteiger partial charge in [0.15, 0.2) is 11.5 Å². The Morgan fingerprint density at radius 2 is 2.07 bits per heavy atom. The highest BCUT2D eigenvalue weighted by Gasteiger charge is 2.20. The Morgan fingerprint density at radius 1 is 1.30 bits per heavy atom. The van der Waals surface area contributed by atoms with Crippen molar-refractivity contribution in [1.82, 2.24) is 10.2 Å². The van der Waals surface area contributed by atoms with Crippen LogP contribution < -0.4 is 14.8 Å². The first-order valence-electron chi connectivity index (χ1n) is 9.05. The number of nitrogens with one attached hydrogen (secondary N) is 1. The molecule has 1 aromatic heterocycles. The predicted octanol–water partition coefficient (Wildman–Crippen LogP) is 4.15. The van der Waals surface area contributed by atoms with E-state index in [9.17, 15) is 4.79 Å².